The smallest absolute Gasteiger partial charge is 0.442 e. The van der Waals surface area contributed by atoms with Crippen LogP contribution in [0.2, 0.25) is 10.0 Å². The van der Waals surface area contributed by atoms with Gasteiger partial charge in [-0.1, -0.05) is 92.3 Å². The van der Waals surface area contributed by atoms with Crippen LogP contribution in [0.1, 0.15) is 91.2 Å². The summed E-state index contributed by atoms with van der Waals surface area (Å²) in [4.78, 5) is 38.3. The predicted molar refractivity (Wildman–Crippen MR) is 231 cm³/mol. The summed E-state index contributed by atoms with van der Waals surface area (Å²) >= 11 is 29.3. The van der Waals surface area contributed by atoms with Crippen molar-refractivity contribution in [1.82, 2.24) is 14.7 Å². The molecule has 320 valence electrons. The SMILES string of the molecule is CC(C)Oc1cc(-n2nc(C(C)(C)C)oc2=O)c(Cl)cc1Cl.CC1(C)OC(c2ccco2)CN1C(=O)C(Cl)Cl.CCc1cccc(C)c1N(C(=O)CCl)C(C)COC. The first-order valence-electron chi connectivity index (χ1n) is 18.6. The zero-order chi connectivity index (χ0) is 43.7. The molecule has 1 fully saturated rings. The van der Waals surface area contributed by atoms with E-state index in [0.29, 0.717) is 41.3 Å². The van der Waals surface area contributed by atoms with Gasteiger partial charge in [0.15, 0.2) is 4.84 Å². The summed E-state index contributed by atoms with van der Waals surface area (Å²) in [5.41, 5.74) is 2.45. The van der Waals surface area contributed by atoms with Crippen molar-refractivity contribution in [3.05, 3.63) is 92.1 Å². The van der Waals surface area contributed by atoms with Crippen molar-refractivity contribution in [2.75, 3.05) is 31.0 Å². The molecular weight excluding hydrogens is 854 g/mol. The van der Waals surface area contributed by atoms with Crippen LogP contribution in [0.5, 0.6) is 5.75 Å². The summed E-state index contributed by atoms with van der Waals surface area (Å²) < 4.78 is 28.2. The number of anilines is 1. The van der Waals surface area contributed by atoms with Gasteiger partial charge in [0.05, 0.1) is 53.0 Å². The number of aryl methyl sites for hydroxylation is 2. The van der Waals surface area contributed by atoms with Gasteiger partial charge < -0.3 is 32.8 Å². The lowest BCUT2D eigenvalue weighted by Gasteiger charge is -2.31. The van der Waals surface area contributed by atoms with E-state index in [-0.39, 0.29) is 46.4 Å². The number of aromatic nitrogens is 2. The van der Waals surface area contributed by atoms with E-state index in [1.54, 1.807) is 44.3 Å². The van der Waals surface area contributed by atoms with Gasteiger partial charge in [-0.3, -0.25) is 9.59 Å². The molecule has 0 radical (unpaired) electrons. The van der Waals surface area contributed by atoms with Crippen LogP contribution >= 0.6 is 58.0 Å². The van der Waals surface area contributed by atoms with E-state index in [1.807, 2.05) is 66.7 Å². The zero-order valence-electron chi connectivity index (χ0n) is 34.7. The number of methoxy groups -OCH3 is 1. The molecule has 2 aromatic heterocycles. The minimum absolute atomic E-state index is 0.0223. The summed E-state index contributed by atoms with van der Waals surface area (Å²) in [5.74, 6) is 0.380. The molecule has 0 aliphatic carbocycles. The second kappa shape index (κ2) is 21.3. The maximum atomic E-state index is 12.2. The summed E-state index contributed by atoms with van der Waals surface area (Å²) in [6.45, 7) is 20.0. The molecule has 0 N–H and O–H groups in total. The van der Waals surface area contributed by atoms with Gasteiger partial charge in [-0.15, -0.1) is 16.7 Å². The number of carbonyl (C=O) groups is 2. The van der Waals surface area contributed by atoms with Crippen LogP contribution in [0, 0.1) is 6.92 Å². The van der Waals surface area contributed by atoms with Gasteiger partial charge in [0.25, 0.3) is 5.91 Å². The monoisotopic (exact) mass is 904 g/mol. The molecule has 0 bridgehead atoms. The van der Waals surface area contributed by atoms with Crippen LogP contribution in [0.15, 0.2) is 62.4 Å². The predicted octanol–water partition coefficient (Wildman–Crippen LogP) is 10.1. The summed E-state index contributed by atoms with van der Waals surface area (Å²) in [7, 11) is 1.64. The summed E-state index contributed by atoms with van der Waals surface area (Å²) in [5, 5.41) is 4.88. The Balaban J connectivity index is 0.000000235. The van der Waals surface area contributed by atoms with Crippen molar-refractivity contribution in [2.24, 2.45) is 0 Å². The number of furan rings is 1. The standard InChI is InChI=1S/C15H18Cl2N2O3.C15H22ClNO2.C11H13Cl2NO3/c1-8(2)21-12-7-11(9(16)6-10(12)17)19-14(20)22-13(18-19)15(3,4)5;1-5-13-8-6-7-11(2)15(13)17(14(18)9-16)12(3)10-19-4;1-11(2)14(10(15)9(12)13)6-8(17-11)7-4-3-5-16-7/h6-8H,1-5H3;6-8,12H,5,9-10H2,1-4H3;3-5,8-9H,6H2,1-2H3. The van der Waals surface area contributed by atoms with Gasteiger partial charge >= 0.3 is 5.76 Å². The quantitative estimate of drug-likeness (QED) is 0.135. The van der Waals surface area contributed by atoms with E-state index < -0.39 is 16.3 Å². The number of benzene rings is 2. The largest absolute Gasteiger partial charge is 0.489 e. The van der Waals surface area contributed by atoms with Crippen LogP contribution in [-0.4, -0.2) is 75.3 Å². The molecule has 1 saturated heterocycles. The molecule has 1 aliphatic heterocycles. The van der Waals surface area contributed by atoms with Crippen molar-refractivity contribution >= 4 is 75.5 Å². The van der Waals surface area contributed by atoms with Gasteiger partial charge in [-0.05, 0) is 77.3 Å². The van der Waals surface area contributed by atoms with Crippen LogP contribution in [0.3, 0.4) is 0 Å². The first-order valence-corrected chi connectivity index (χ1v) is 20.8. The number of alkyl halides is 3. The Labute approximate surface area is 365 Å². The van der Waals surface area contributed by atoms with Crippen molar-refractivity contribution in [3.63, 3.8) is 0 Å². The molecule has 58 heavy (non-hydrogen) atoms. The van der Waals surface area contributed by atoms with E-state index in [0.717, 1.165) is 27.9 Å². The van der Waals surface area contributed by atoms with Gasteiger partial charge in [0.2, 0.25) is 11.8 Å². The van der Waals surface area contributed by atoms with E-state index >= 15 is 0 Å². The Hall–Kier alpha value is -3.23. The molecule has 1 aliphatic rings. The maximum Gasteiger partial charge on any atom is 0.442 e. The Morgan fingerprint density at radius 1 is 1.07 bits per heavy atom. The lowest BCUT2D eigenvalue weighted by Crippen LogP contribution is -2.45. The van der Waals surface area contributed by atoms with Crippen LogP contribution in [0.25, 0.3) is 5.69 Å². The van der Waals surface area contributed by atoms with Crippen LogP contribution in [-0.2, 0) is 30.9 Å². The molecule has 2 atom stereocenters. The van der Waals surface area contributed by atoms with E-state index in [9.17, 15) is 14.4 Å². The van der Waals surface area contributed by atoms with Gasteiger partial charge in [0, 0.05) is 18.6 Å². The Kier molecular flexibility index (Phi) is 18.1. The highest BCUT2D eigenvalue weighted by atomic mass is 35.5. The fraction of sp³-hybridized carbons (Fsp3) is 0.512. The van der Waals surface area contributed by atoms with Crippen molar-refractivity contribution in [1.29, 1.82) is 0 Å². The molecular formula is C41H53Cl5N4O8. The third-order valence-corrected chi connectivity index (χ3v) is 9.90. The zero-order valence-corrected chi connectivity index (χ0v) is 38.5. The van der Waals surface area contributed by atoms with E-state index in [1.165, 1.54) is 11.0 Å². The number of hydrogen-bond donors (Lipinski definition) is 0. The first kappa shape index (κ1) is 49.1. The second-order valence-corrected chi connectivity index (χ2v) is 17.4. The minimum Gasteiger partial charge on any atom is -0.489 e. The highest BCUT2D eigenvalue weighted by Crippen LogP contribution is 2.37. The molecule has 0 saturated carbocycles. The number of rotatable bonds is 11. The fourth-order valence-electron chi connectivity index (χ4n) is 6.01. The van der Waals surface area contributed by atoms with E-state index in [4.69, 9.17) is 81.0 Å². The molecule has 3 heterocycles. The average Bonchev–Trinajstić information content (AvgIpc) is 3.89. The van der Waals surface area contributed by atoms with Crippen molar-refractivity contribution in [3.8, 4) is 11.4 Å². The normalized spacial score (nSPS) is 15.4. The van der Waals surface area contributed by atoms with Crippen molar-refractivity contribution < 1.29 is 32.6 Å². The molecule has 2 amide bonds. The fourth-order valence-corrected chi connectivity index (χ4v) is 6.88. The number of amides is 2. The topological polar surface area (TPSA) is 129 Å². The number of para-hydroxylation sites is 1. The average molecular weight is 907 g/mol. The molecule has 17 heteroatoms. The number of halogens is 5. The highest BCUT2D eigenvalue weighted by Gasteiger charge is 2.45. The molecule has 5 rings (SSSR count). The van der Waals surface area contributed by atoms with Gasteiger partial charge in [0.1, 0.15) is 29.2 Å². The van der Waals surface area contributed by atoms with Crippen molar-refractivity contribution in [2.45, 2.75) is 110 Å². The maximum absolute atomic E-state index is 12.2. The molecule has 4 aromatic rings. The Bertz CT molecular complexity index is 2020. The third-order valence-electron chi connectivity index (χ3n) is 8.70. The summed E-state index contributed by atoms with van der Waals surface area (Å²) in [6.07, 6.45) is 2.10. The lowest BCUT2D eigenvalue weighted by atomic mass is 9.97. The van der Waals surface area contributed by atoms with E-state index in [2.05, 4.69) is 18.1 Å². The Morgan fingerprint density at radius 2 is 1.74 bits per heavy atom. The number of nitrogens with zero attached hydrogens (tertiary/aromatic N) is 4. The molecule has 12 nitrogen and oxygen atoms in total. The highest BCUT2D eigenvalue weighted by molar-refractivity contribution is 6.53. The lowest BCUT2D eigenvalue weighted by molar-refractivity contribution is -0.144. The Morgan fingerprint density at radius 3 is 2.26 bits per heavy atom. The first-order chi connectivity index (χ1) is 27.1. The molecule has 2 aromatic carbocycles. The number of hydrogen-bond acceptors (Lipinski definition) is 9. The third kappa shape index (κ3) is 12.6. The number of carbonyl (C=O) groups excluding carboxylic acids is 2. The van der Waals surface area contributed by atoms with Gasteiger partial charge in [-0.2, -0.15) is 4.68 Å². The van der Waals surface area contributed by atoms with Gasteiger partial charge in [-0.25, -0.2) is 4.79 Å². The second-order valence-electron chi connectivity index (χ2n) is 15.2. The minimum atomic E-state index is -1.08. The van der Waals surface area contributed by atoms with Crippen LogP contribution in [0.4, 0.5) is 5.69 Å². The number of ether oxygens (including phenoxy) is 3. The molecule has 2 unspecified atom stereocenters. The summed E-state index contributed by atoms with van der Waals surface area (Å²) in [6, 6.07) is 12.7. The molecule has 0 spiro atoms. The van der Waals surface area contributed by atoms with Crippen LogP contribution < -0.4 is 15.4 Å².